The summed E-state index contributed by atoms with van der Waals surface area (Å²) in [6.07, 6.45) is 5.76. The number of imidazole rings is 1. The van der Waals surface area contributed by atoms with Gasteiger partial charge in [0.05, 0.1) is 5.69 Å². The molecule has 0 unspecified atom stereocenters. The maximum atomic E-state index is 12.8. The van der Waals surface area contributed by atoms with E-state index in [9.17, 15) is 4.79 Å². The van der Waals surface area contributed by atoms with Crippen molar-refractivity contribution in [3.05, 3.63) is 109 Å². The van der Waals surface area contributed by atoms with Crippen molar-refractivity contribution in [2.45, 2.75) is 17.2 Å². The van der Waals surface area contributed by atoms with Crippen molar-refractivity contribution in [3.8, 4) is 5.75 Å². The molecule has 0 aliphatic carbocycles. The minimum atomic E-state index is -0.00566. The smallest absolute Gasteiger partial charge is 0.253 e. The second-order valence-corrected chi connectivity index (χ2v) is 8.46. The number of thioether (sulfide) groups is 1. The lowest BCUT2D eigenvalue weighted by Crippen LogP contribution is -2.26. The molecule has 0 saturated heterocycles. The highest BCUT2D eigenvalue weighted by molar-refractivity contribution is 7.98. The summed E-state index contributed by atoms with van der Waals surface area (Å²) < 4.78 is 7.52. The first-order valence-electron chi connectivity index (χ1n) is 10.4. The van der Waals surface area contributed by atoms with Crippen LogP contribution in [0.15, 0.2) is 96.7 Å². The molecular formula is C26H25N3O2S. The molecule has 0 saturated carbocycles. The summed E-state index contributed by atoms with van der Waals surface area (Å²) in [6.45, 7) is 4.65. The van der Waals surface area contributed by atoms with Crippen LogP contribution in [-0.4, -0.2) is 33.8 Å². The lowest BCUT2D eigenvalue weighted by Gasteiger charge is -2.18. The molecule has 0 aliphatic rings. The number of hydrogen-bond acceptors (Lipinski definition) is 4. The third-order valence-electron chi connectivity index (χ3n) is 4.96. The largest absolute Gasteiger partial charge is 0.490 e. The molecule has 162 valence electrons. The van der Waals surface area contributed by atoms with Crippen molar-refractivity contribution in [1.29, 1.82) is 0 Å². The minimum absolute atomic E-state index is 0.00566. The topological polar surface area (TPSA) is 46.8 Å². The number of fused-ring (bicyclic) bond motifs is 1. The van der Waals surface area contributed by atoms with Gasteiger partial charge in [0.2, 0.25) is 0 Å². The molecule has 0 atom stereocenters. The molecule has 2 aromatic heterocycles. The number of hydrogen-bond donors (Lipinski definition) is 0. The van der Waals surface area contributed by atoms with Crippen LogP contribution in [0.5, 0.6) is 5.75 Å². The summed E-state index contributed by atoms with van der Waals surface area (Å²) in [6, 6.07) is 21.5. The maximum Gasteiger partial charge on any atom is 0.253 e. The highest BCUT2D eigenvalue weighted by Gasteiger charge is 2.12. The van der Waals surface area contributed by atoms with E-state index >= 15 is 0 Å². The molecule has 6 heteroatoms. The summed E-state index contributed by atoms with van der Waals surface area (Å²) in [5.41, 5.74) is 3.70. The van der Waals surface area contributed by atoms with Gasteiger partial charge in [-0.25, -0.2) is 4.98 Å². The minimum Gasteiger partial charge on any atom is -0.490 e. The number of aromatic nitrogens is 2. The summed E-state index contributed by atoms with van der Waals surface area (Å²) in [4.78, 5) is 20.3. The van der Waals surface area contributed by atoms with Crippen LogP contribution in [0.3, 0.4) is 0 Å². The van der Waals surface area contributed by atoms with Crippen LogP contribution >= 0.6 is 11.8 Å². The quantitative estimate of drug-likeness (QED) is 0.254. The molecule has 0 spiro atoms. The Kier molecular flexibility index (Phi) is 6.92. The van der Waals surface area contributed by atoms with Crippen molar-refractivity contribution < 1.29 is 9.53 Å². The summed E-state index contributed by atoms with van der Waals surface area (Å²) >= 11 is 1.71. The van der Waals surface area contributed by atoms with Gasteiger partial charge in [-0.1, -0.05) is 30.9 Å². The average Bonchev–Trinajstić information content (AvgIpc) is 3.25. The van der Waals surface area contributed by atoms with Gasteiger partial charge in [0, 0.05) is 42.2 Å². The van der Waals surface area contributed by atoms with E-state index < -0.39 is 0 Å². The summed E-state index contributed by atoms with van der Waals surface area (Å²) in [7, 11) is 1.82. The first-order chi connectivity index (χ1) is 15.6. The van der Waals surface area contributed by atoms with E-state index in [0.717, 1.165) is 33.3 Å². The van der Waals surface area contributed by atoms with Gasteiger partial charge in [-0.3, -0.25) is 4.79 Å². The summed E-state index contributed by atoms with van der Waals surface area (Å²) in [5.74, 6) is 1.56. The normalized spacial score (nSPS) is 10.8. The van der Waals surface area contributed by atoms with E-state index in [2.05, 4.69) is 11.6 Å². The first kappa shape index (κ1) is 21.7. The Morgan fingerprint density at radius 2 is 1.91 bits per heavy atom. The van der Waals surface area contributed by atoms with Crippen LogP contribution in [-0.2, 0) is 12.3 Å². The standard InChI is InChI=1S/C26H25N3O2S/c1-3-16-31-23-11-7-20(8-12-23)17-28(2)26(30)21-9-13-24(14-10-21)32-19-22-18-29-15-5-4-6-25(29)27-22/h3-15,18H,1,16-17,19H2,2H3. The monoisotopic (exact) mass is 443 g/mol. The number of rotatable bonds is 9. The molecule has 0 N–H and O–H groups in total. The van der Waals surface area contributed by atoms with Gasteiger partial charge in [-0.15, -0.1) is 11.8 Å². The Bertz CT molecular complexity index is 1170. The van der Waals surface area contributed by atoms with Gasteiger partial charge < -0.3 is 14.0 Å². The molecule has 2 aromatic carbocycles. The highest BCUT2D eigenvalue weighted by Crippen LogP contribution is 2.23. The molecule has 0 fully saturated rings. The molecule has 4 rings (SSSR count). The summed E-state index contributed by atoms with van der Waals surface area (Å²) in [5, 5.41) is 0. The van der Waals surface area contributed by atoms with Crippen LogP contribution in [0.25, 0.3) is 5.65 Å². The van der Waals surface area contributed by atoms with Crippen molar-refractivity contribution in [2.24, 2.45) is 0 Å². The van der Waals surface area contributed by atoms with Gasteiger partial charge in [0.25, 0.3) is 5.91 Å². The number of amides is 1. The van der Waals surface area contributed by atoms with Gasteiger partial charge in [0.15, 0.2) is 0 Å². The molecular weight excluding hydrogens is 418 g/mol. The Morgan fingerprint density at radius 1 is 1.12 bits per heavy atom. The van der Waals surface area contributed by atoms with Crippen LogP contribution in [0.2, 0.25) is 0 Å². The number of pyridine rings is 1. The van der Waals surface area contributed by atoms with Crippen LogP contribution in [0.1, 0.15) is 21.6 Å². The number of carbonyl (C=O) groups is 1. The Hall–Kier alpha value is -3.51. The van der Waals surface area contributed by atoms with Crippen molar-refractivity contribution in [2.75, 3.05) is 13.7 Å². The number of nitrogens with zero attached hydrogens (tertiary/aromatic N) is 3. The zero-order valence-corrected chi connectivity index (χ0v) is 18.8. The molecule has 0 bridgehead atoms. The van der Waals surface area contributed by atoms with Crippen molar-refractivity contribution >= 4 is 23.3 Å². The molecule has 4 aromatic rings. The number of carbonyl (C=O) groups excluding carboxylic acids is 1. The molecule has 0 radical (unpaired) electrons. The molecule has 2 heterocycles. The second kappa shape index (κ2) is 10.2. The molecule has 1 amide bonds. The Morgan fingerprint density at radius 3 is 2.62 bits per heavy atom. The lowest BCUT2D eigenvalue weighted by molar-refractivity contribution is 0.0785. The van der Waals surface area contributed by atoms with Crippen LogP contribution in [0, 0.1) is 0 Å². The average molecular weight is 444 g/mol. The van der Waals surface area contributed by atoms with Crippen molar-refractivity contribution in [3.63, 3.8) is 0 Å². The van der Waals surface area contributed by atoms with Crippen LogP contribution in [0.4, 0.5) is 0 Å². The van der Waals surface area contributed by atoms with E-state index in [4.69, 9.17) is 4.74 Å². The van der Waals surface area contributed by atoms with E-state index in [1.54, 1.807) is 22.7 Å². The molecule has 32 heavy (non-hydrogen) atoms. The highest BCUT2D eigenvalue weighted by atomic mass is 32.2. The van der Waals surface area contributed by atoms with E-state index in [-0.39, 0.29) is 5.91 Å². The van der Waals surface area contributed by atoms with Crippen molar-refractivity contribution in [1.82, 2.24) is 14.3 Å². The predicted octanol–water partition coefficient (Wildman–Crippen LogP) is 5.46. The van der Waals surface area contributed by atoms with E-state index in [0.29, 0.717) is 18.7 Å². The maximum absolute atomic E-state index is 12.8. The van der Waals surface area contributed by atoms with Gasteiger partial charge in [-0.2, -0.15) is 0 Å². The molecule has 0 aliphatic heterocycles. The van der Waals surface area contributed by atoms with E-state index in [1.165, 1.54) is 0 Å². The second-order valence-electron chi connectivity index (χ2n) is 7.42. The first-order valence-corrected chi connectivity index (χ1v) is 11.3. The zero-order valence-electron chi connectivity index (χ0n) is 18.0. The predicted molar refractivity (Wildman–Crippen MR) is 129 cm³/mol. The van der Waals surface area contributed by atoms with Crippen LogP contribution < -0.4 is 4.74 Å². The fourth-order valence-electron chi connectivity index (χ4n) is 3.32. The Labute approximate surface area is 192 Å². The Balaban J connectivity index is 1.32. The lowest BCUT2D eigenvalue weighted by atomic mass is 10.1. The number of ether oxygens (including phenoxy) is 1. The number of benzene rings is 2. The van der Waals surface area contributed by atoms with Gasteiger partial charge in [0.1, 0.15) is 18.0 Å². The third kappa shape index (κ3) is 5.39. The van der Waals surface area contributed by atoms with Gasteiger partial charge in [-0.05, 0) is 54.1 Å². The van der Waals surface area contributed by atoms with Gasteiger partial charge >= 0.3 is 0 Å². The fourth-order valence-corrected chi connectivity index (χ4v) is 4.10. The third-order valence-corrected chi connectivity index (χ3v) is 6.01. The zero-order chi connectivity index (χ0) is 22.3. The SMILES string of the molecule is C=CCOc1ccc(CN(C)C(=O)c2ccc(SCc3cn4ccccc4n3)cc2)cc1. The fraction of sp³-hybridized carbons (Fsp3) is 0.154. The van der Waals surface area contributed by atoms with E-state index in [1.807, 2.05) is 90.6 Å². The molecule has 5 nitrogen and oxygen atoms in total.